The number of fused-ring (bicyclic) bond motifs is 1. The number of allylic oxidation sites excluding steroid dienone is 2. The molecule has 2 aliphatic carbocycles. The maximum Gasteiger partial charge on any atom is 0.223 e. The van der Waals surface area contributed by atoms with Gasteiger partial charge in [-0.25, -0.2) is 0 Å². The summed E-state index contributed by atoms with van der Waals surface area (Å²) in [4.78, 5) is 12.6. The van der Waals surface area contributed by atoms with Crippen molar-refractivity contribution < 1.29 is 33.2 Å². The topological polar surface area (TPSA) is 72.5 Å². The Hall–Kier alpha value is -2.51. The van der Waals surface area contributed by atoms with E-state index in [2.05, 4.69) is 0 Å². The van der Waals surface area contributed by atoms with Crippen molar-refractivity contribution in [2.45, 2.75) is 23.9 Å². The SMILES string of the molecule is COC[C@@H]1C[C@]23C=C(OC)C(=O)C=C2O[C@]1(COC)Cc1cc(OC)c(OC)cc13. The van der Waals surface area contributed by atoms with Gasteiger partial charge in [-0.3, -0.25) is 4.79 Å². The van der Waals surface area contributed by atoms with E-state index in [0.29, 0.717) is 49.1 Å². The third-order valence-electron chi connectivity index (χ3n) is 6.50. The van der Waals surface area contributed by atoms with Crippen LogP contribution in [0.3, 0.4) is 0 Å². The zero-order chi connectivity index (χ0) is 21.5. The van der Waals surface area contributed by atoms with Gasteiger partial charge in [0, 0.05) is 32.6 Å². The Morgan fingerprint density at radius 3 is 2.40 bits per heavy atom. The van der Waals surface area contributed by atoms with Gasteiger partial charge in [0.15, 0.2) is 17.3 Å². The van der Waals surface area contributed by atoms with Gasteiger partial charge in [0.25, 0.3) is 0 Å². The summed E-state index contributed by atoms with van der Waals surface area (Å²) < 4.78 is 34.4. The minimum atomic E-state index is -0.663. The molecule has 0 unspecified atom stereocenters. The van der Waals surface area contributed by atoms with E-state index in [4.69, 9.17) is 28.4 Å². The number of hydrogen-bond acceptors (Lipinski definition) is 7. The Bertz CT molecular complexity index is 918. The number of carbonyl (C=O) groups excluding carboxylic acids is 1. The first kappa shape index (κ1) is 20.8. The van der Waals surface area contributed by atoms with E-state index in [1.807, 2.05) is 18.2 Å². The smallest absolute Gasteiger partial charge is 0.223 e. The molecular formula is C23H28O7. The minimum Gasteiger partial charge on any atom is -0.493 e. The molecule has 1 aromatic carbocycles. The molecule has 7 heteroatoms. The van der Waals surface area contributed by atoms with E-state index < -0.39 is 11.0 Å². The first-order valence-corrected chi connectivity index (χ1v) is 9.92. The van der Waals surface area contributed by atoms with E-state index in [1.54, 1.807) is 34.5 Å². The number of rotatable bonds is 7. The molecule has 7 nitrogen and oxygen atoms in total. The first-order valence-electron chi connectivity index (χ1n) is 9.92. The van der Waals surface area contributed by atoms with Gasteiger partial charge >= 0.3 is 0 Å². The Balaban J connectivity index is 2.02. The predicted molar refractivity (Wildman–Crippen MR) is 109 cm³/mol. The summed E-state index contributed by atoms with van der Waals surface area (Å²) in [5.41, 5.74) is 0.757. The third kappa shape index (κ3) is 2.91. The lowest BCUT2D eigenvalue weighted by Crippen LogP contribution is -2.54. The normalized spacial score (nSPS) is 29.1. The second-order valence-corrected chi connectivity index (χ2v) is 8.05. The molecule has 3 atom stereocenters. The molecular weight excluding hydrogens is 388 g/mol. The van der Waals surface area contributed by atoms with Crippen LogP contribution >= 0.6 is 0 Å². The summed E-state index contributed by atoms with van der Waals surface area (Å²) in [7, 11) is 8.10. The monoisotopic (exact) mass is 416 g/mol. The van der Waals surface area contributed by atoms with E-state index in [9.17, 15) is 4.79 Å². The summed E-state index contributed by atoms with van der Waals surface area (Å²) in [6.07, 6.45) is 4.73. The van der Waals surface area contributed by atoms with E-state index >= 15 is 0 Å². The Morgan fingerprint density at radius 2 is 1.77 bits per heavy atom. The molecule has 1 fully saturated rings. The number of benzene rings is 1. The number of methoxy groups -OCH3 is 5. The molecule has 0 radical (unpaired) electrons. The lowest BCUT2D eigenvalue weighted by molar-refractivity contribution is -0.143. The van der Waals surface area contributed by atoms with Crippen LogP contribution in [-0.4, -0.2) is 60.1 Å². The predicted octanol–water partition coefficient (Wildman–Crippen LogP) is 2.56. The Labute approximate surface area is 176 Å². The standard InChI is InChI=1S/C23H28O7/c1-25-12-15-10-22-11-20(29-5)17(24)8-21(22)30-23(15,13-26-2)9-14-6-18(27-3)19(28-4)7-16(14)22/h6-8,11,15H,9-10,12-13H2,1-5H3/t15-,22+,23-/m0/s1. The van der Waals surface area contributed by atoms with Crippen LogP contribution < -0.4 is 9.47 Å². The van der Waals surface area contributed by atoms with Gasteiger partial charge in [-0.2, -0.15) is 0 Å². The molecule has 30 heavy (non-hydrogen) atoms. The number of ketones is 1. The third-order valence-corrected chi connectivity index (χ3v) is 6.50. The molecule has 2 aliphatic heterocycles. The van der Waals surface area contributed by atoms with E-state index in [-0.39, 0.29) is 11.7 Å². The average Bonchev–Trinajstić information content (AvgIpc) is 2.91. The number of carbonyl (C=O) groups is 1. The van der Waals surface area contributed by atoms with Crippen LogP contribution in [0.5, 0.6) is 11.5 Å². The summed E-state index contributed by atoms with van der Waals surface area (Å²) in [6.45, 7) is 0.877. The molecule has 2 heterocycles. The summed E-state index contributed by atoms with van der Waals surface area (Å²) in [5.74, 6) is 2.03. The molecule has 0 aromatic heterocycles. The van der Waals surface area contributed by atoms with Crippen LogP contribution in [0.4, 0.5) is 0 Å². The fourth-order valence-electron chi connectivity index (χ4n) is 5.16. The van der Waals surface area contributed by atoms with E-state index in [1.165, 1.54) is 7.11 Å². The van der Waals surface area contributed by atoms with Crippen molar-refractivity contribution in [1.82, 2.24) is 0 Å². The van der Waals surface area contributed by atoms with Gasteiger partial charge in [-0.15, -0.1) is 0 Å². The summed E-state index contributed by atoms with van der Waals surface area (Å²) in [5, 5.41) is 0. The highest BCUT2D eigenvalue weighted by Gasteiger charge is 2.59. The quantitative estimate of drug-likeness (QED) is 0.676. The Kier molecular flexibility index (Phi) is 5.28. The molecule has 2 bridgehead atoms. The van der Waals surface area contributed by atoms with Gasteiger partial charge in [-0.1, -0.05) is 0 Å². The first-order chi connectivity index (χ1) is 14.5. The zero-order valence-corrected chi connectivity index (χ0v) is 18.1. The Morgan fingerprint density at radius 1 is 1.03 bits per heavy atom. The van der Waals surface area contributed by atoms with Gasteiger partial charge in [-0.05, 0) is 35.8 Å². The second kappa shape index (κ2) is 7.63. The van der Waals surface area contributed by atoms with Gasteiger partial charge in [0.2, 0.25) is 5.78 Å². The maximum absolute atomic E-state index is 12.6. The highest BCUT2D eigenvalue weighted by molar-refractivity contribution is 6.04. The second-order valence-electron chi connectivity index (χ2n) is 8.05. The van der Waals surface area contributed by atoms with Gasteiger partial charge in [0.05, 0.1) is 40.0 Å². The van der Waals surface area contributed by atoms with E-state index in [0.717, 1.165) is 11.1 Å². The molecule has 5 rings (SSSR count). The van der Waals surface area contributed by atoms with Gasteiger partial charge in [0.1, 0.15) is 11.4 Å². The lowest BCUT2D eigenvalue weighted by atomic mass is 9.66. The molecule has 0 saturated carbocycles. The van der Waals surface area contributed by atoms with Crippen molar-refractivity contribution in [1.29, 1.82) is 0 Å². The molecule has 1 spiro atoms. The van der Waals surface area contributed by atoms with Crippen molar-refractivity contribution >= 4 is 5.78 Å². The summed E-state index contributed by atoms with van der Waals surface area (Å²) in [6, 6.07) is 3.99. The minimum absolute atomic E-state index is 0.0338. The van der Waals surface area contributed by atoms with Crippen molar-refractivity contribution in [3.8, 4) is 11.5 Å². The molecule has 4 aliphatic rings. The highest BCUT2D eigenvalue weighted by atomic mass is 16.5. The summed E-state index contributed by atoms with van der Waals surface area (Å²) >= 11 is 0. The fraction of sp³-hybridized carbons (Fsp3) is 0.522. The van der Waals surface area contributed by atoms with Crippen LogP contribution in [0, 0.1) is 5.92 Å². The average molecular weight is 416 g/mol. The zero-order valence-electron chi connectivity index (χ0n) is 18.1. The van der Waals surface area contributed by atoms with Crippen molar-refractivity contribution in [2.24, 2.45) is 5.92 Å². The van der Waals surface area contributed by atoms with Crippen LogP contribution in [0.1, 0.15) is 17.5 Å². The van der Waals surface area contributed by atoms with Crippen molar-refractivity contribution in [3.63, 3.8) is 0 Å². The number of ether oxygens (including phenoxy) is 6. The largest absolute Gasteiger partial charge is 0.493 e. The highest BCUT2D eigenvalue weighted by Crippen LogP contribution is 2.58. The van der Waals surface area contributed by atoms with Crippen LogP contribution in [0.15, 0.2) is 35.8 Å². The molecule has 0 N–H and O–H groups in total. The lowest BCUT2D eigenvalue weighted by Gasteiger charge is -2.49. The van der Waals surface area contributed by atoms with Crippen LogP contribution in [0.2, 0.25) is 0 Å². The maximum atomic E-state index is 12.6. The van der Waals surface area contributed by atoms with Crippen molar-refractivity contribution in [2.75, 3.05) is 48.8 Å². The van der Waals surface area contributed by atoms with Crippen LogP contribution in [-0.2, 0) is 35.6 Å². The van der Waals surface area contributed by atoms with Gasteiger partial charge < -0.3 is 28.4 Å². The van der Waals surface area contributed by atoms with Crippen LogP contribution in [0.25, 0.3) is 0 Å². The van der Waals surface area contributed by atoms with Crippen molar-refractivity contribution in [3.05, 3.63) is 46.9 Å². The molecule has 0 amide bonds. The number of hydrogen-bond donors (Lipinski definition) is 0. The fourth-order valence-corrected chi connectivity index (χ4v) is 5.16. The molecule has 1 aromatic rings. The molecule has 162 valence electrons. The molecule has 1 saturated heterocycles.